The molecule has 0 aliphatic rings. The van der Waals surface area contributed by atoms with Crippen molar-refractivity contribution in [1.82, 2.24) is 0 Å². The third-order valence-electron chi connectivity index (χ3n) is 5.00. The van der Waals surface area contributed by atoms with Gasteiger partial charge in [0.1, 0.15) is 0 Å². The minimum atomic E-state index is -3.52. The Morgan fingerprint density at radius 1 is 0.781 bits per heavy atom. The molecule has 1 unspecified atom stereocenters. The van der Waals surface area contributed by atoms with Crippen LogP contribution in [0.4, 0.5) is 0 Å². The van der Waals surface area contributed by atoms with E-state index in [0.29, 0.717) is 6.42 Å². The van der Waals surface area contributed by atoms with Crippen molar-refractivity contribution in [2.24, 2.45) is 0 Å². The average Bonchev–Trinajstić information content (AvgIpc) is 2.83. The summed E-state index contributed by atoms with van der Waals surface area (Å²) in [7, 11) is -3.52. The second-order valence-electron chi connectivity index (χ2n) is 7.46. The third-order valence-corrected chi connectivity index (χ3v) is 6.77. The van der Waals surface area contributed by atoms with Crippen molar-refractivity contribution in [3.63, 3.8) is 0 Å². The molecule has 0 bridgehead atoms. The maximum Gasteiger partial charge on any atom is 0.335 e. The van der Waals surface area contributed by atoms with E-state index in [0.717, 1.165) is 12.0 Å². The molecule has 0 heterocycles. The van der Waals surface area contributed by atoms with Crippen LogP contribution in [0.25, 0.3) is 0 Å². The van der Waals surface area contributed by atoms with Gasteiger partial charge in [-0.15, -0.1) is 0 Å². The van der Waals surface area contributed by atoms with E-state index >= 15 is 0 Å². The number of ether oxygens (including phenoxy) is 2. The molecular formula is C26H28O5S. The molecule has 0 amide bonds. The van der Waals surface area contributed by atoms with Gasteiger partial charge in [-0.2, -0.15) is 0 Å². The van der Waals surface area contributed by atoms with Crippen molar-refractivity contribution in [2.45, 2.75) is 36.9 Å². The normalized spacial score (nSPS) is 12.2. The molecule has 0 aliphatic heterocycles. The molecule has 168 valence electrons. The molecule has 0 spiro atoms. The summed E-state index contributed by atoms with van der Waals surface area (Å²) in [5.41, 5.74) is 2.08. The number of aryl methyl sites for hydroxylation is 1. The molecule has 0 fully saturated rings. The van der Waals surface area contributed by atoms with Gasteiger partial charge in [-0.1, -0.05) is 78.9 Å². The van der Waals surface area contributed by atoms with Gasteiger partial charge in [0.15, 0.2) is 15.9 Å². The topological polar surface area (TPSA) is 69.7 Å². The van der Waals surface area contributed by atoms with Crippen LogP contribution in [0.15, 0.2) is 95.9 Å². The van der Waals surface area contributed by atoms with Crippen molar-refractivity contribution in [3.05, 3.63) is 102 Å². The molecule has 32 heavy (non-hydrogen) atoms. The highest BCUT2D eigenvalue weighted by atomic mass is 32.2. The number of carbonyl (C=O) groups is 1. The molecule has 0 saturated heterocycles. The van der Waals surface area contributed by atoms with Gasteiger partial charge in [0, 0.05) is 0 Å². The van der Waals surface area contributed by atoms with Crippen LogP contribution in [0.1, 0.15) is 24.0 Å². The molecule has 0 aliphatic carbocycles. The molecule has 6 heteroatoms. The van der Waals surface area contributed by atoms with Crippen LogP contribution >= 0.6 is 0 Å². The van der Waals surface area contributed by atoms with Crippen LogP contribution in [-0.2, 0) is 37.1 Å². The van der Waals surface area contributed by atoms with Crippen molar-refractivity contribution < 1.29 is 22.7 Å². The Morgan fingerprint density at radius 2 is 1.34 bits per heavy atom. The molecule has 0 saturated carbocycles. The summed E-state index contributed by atoms with van der Waals surface area (Å²) in [6.45, 7) is 0.459. The minimum Gasteiger partial charge on any atom is -0.464 e. The lowest BCUT2D eigenvalue weighted by Gasteiger charge is -2.17. The standard InChI is InChI=1S/C26H28O5S/c27-26(30-19-10-15-22-11-4-1-5-12-22)25(31-21-23-13-6-2-7-14-23)18-20-32(28,29)24-16-8-3-9-17-24/h1-9,11-14,16-17,25H,10,15,18-21H2. The van der Waals surface area contributed by atoms with Crippen molar-refractivity contribution in [1.29, 1.82) is 0 Å². The monoisotopic (exact) mass is 452 g/mol. The van der Waals surface area contributed by atoms with E-state index in [1.54, 1.807) is 30.3 Å². The van der Waals surface area contributed by atoms with Gasteiger partial charge < -0.3 is 9.47 Å². The molecule has 0 radical (unpaired) electrons. The number of sulfone groups is 1. The van der Waals surface area contributed by atoms with Gasteiger partial charge in [-0.3, -0.25) is 0 Å². The smallest absolute Gasteiger partial charge is 0.335 e. The summed E-state index contributed by atoms with van der Waals surface area (Å²) in [6, 6.07) is 27.6. The predicted molar refractivity (Wildman–Crippen MR) is 124 cm³/mol. The fraction of sp³-hybridized carbons (Fsp3) is 0.269. The van der Waals surface area contributed by atoms with Gasteiger partial charge in [-0.25, -0.2) is 13.2 Å². The largest absolute Gasteiger partial charge is 0.464 e. The van der Waals surface area contributed by atoms with E-state index in [1.165, 1.54) is 5.56 Å². The van der Waals surface area contributed by atoms with Crippen LogP contribution < -0.4 is 0 Å². The number of esters is 1. The molecule has 0 N–H and O–H groups in total. The molecule has 3 aromatic carbocycles. The first-order valence-electron chi connectivity index (χ1n) is 10.7. The van der Waals surface area contributed by atoms with Crippen molar-refractivity contribution >= 4 is 15.8 Å². The molecule has 3 rings (SSSR count). The summed E-state index contributed by atoms with van der Waals surface area (Å²) in [6.07, 6.45) is 0.558. The Morgan fingerprint density at radius 3 is 1.97 bits per heavy atom. The maximum absolute atomic E-state index is 12.7. The fourth-order valence-electron chi connectivity index (χ4n) is 3.23. The lowest BCUT2D eigenvalue weighted by atomic mass is 10.1. The third kappa shape index (κ3) is 7.62. The highest BCUT2D eigenvalue weighted by Gasteiger charge is 2.25. The zero-order chi connectivity index (χ0) is 22.7. The van der Waals surface area contributed by atoms with Crippen LogP contribution in [0.3, 0.4) is 0 Å². The SMILES string of the molecule is O=C(OCCCc1ccccc1)C(CCS(=O)(=O)c1ccccc1)OCc1ccccc1. The Bertz CT molecular complexity index is 1050. The lowest BCUT2D eigenvalue weighted by molar-refractivity contribution is -0.158. The van der Waals surface area contributed by atoms with Crippen LogP contribution in [0.2, 0.25) is 0 Å². The van der Waals surface area contributed by atoms with E-state index in [9.17, 15) is 13.2 Å². The second kappa shape index (κ2) is 12.2. The molecular weight excluding hydrogens is 424 g/mol. The van der Waals surface area contributed by atoms with Crippen LogP contribution in [-0.4, -0.2) is 32.9 Å². The first-order chi connectivity index (χ1) is 15.5. The minimum absolute atomic E-state index is 0.0293. The van der Waals surface area contributed by atoms with Gasteiger partial charge in [0.05, 0.1) is 23.9 Å². The zero-order valence-electron chi connectivity index (χ0n) is 17.9. The Hall–Kier alpha value is -2.96. The van der Waals surface area contributed by atoms with Crippen molar-refractivity contribution in [2.75, 3.05) is 12.4 Å². The lowest BCUT2D eigenvalue weighted by Crippen LogP contribution is -2.29. The Kier molecular flexibility index (Phi) is 9.01. The van der Waals surface area contributed by atoms with E-state index < -0.39 is 21.9 Å². The number of benzene rings is 3. The van der Waals surface area contributed by atoms with Gasteiger partial charge in [0.2, 0.25) is 0 Å². The summed E-state index contributed by atoms with van der Waals surface area (Å²) in [4.78, 5) is 12.9. The summed E-state index contributed by atoms with van der Waals surface area (Å²) in [5, 5.41) is 0. The average molecular weight is 453 g/mol. The molecule has 1 atom stereocenters. The summed E-state index contributed by atoms with van der Waals surface area (Å²) >= 11 is 0. The van der Waals surface area contributed by atoms with Crippen molar-refractivity contribution in [3.8, 4) is 0 Å². The van der Waals surface area contributed by atoms with Crippen LogP contribution in [0.5, 0.6) is 0 Å². The van der Waals surface area contributed by atoms with E-state index in [2.05, 4.69) is 0 Å². The summed E-state index contributed by atoms with van der Waals surface area (Å²) in [5.74, 6) is -0.729. The zero-order valence-corrected chi connectivity index (χ0v) is 18.7. The first-order valence-corrected chi connectivity index (χ1v) is 12.3. The second-order valence-corrected chi connectivity index (χ2v) is 9.57. The van der Waals surface area contributed by atoms with Gasteiger partial charge in [0.25, 0.3) is 0 Å². The molecule has 5 nitrogen and oxygen atoms in total. The highest BCUT2D eigenvalue weighted by molar-refractivity contribution is 7.91. The number of carbonyl (C=O) groups excluding carboxylic acids is 1. The highest BCUT2D eigenvalue weighted by Crippen LogP contribution is 2.15. The van der Waals surface area contributed by atoms with E-state index in [1.807, 2.05) is 60.7 Å². The summed E-state index contributed by atoms with van der Waals surface area (Å²) < 4.78 is 36.5. The molecule has 0 aromatic heterocycles. The predicted octanol–water partition coefficient (Wildman–Crippen LogP) is 4.61. The first kappa shape index (κ1) is 23.7. The van der Waals surface area contributed by atoms with Gasteiger partial charge in [-0.05, 0) is 42.5 Å². The quantitative estimate of drug-likeness (QED) is 0.296. The van der Waals surface area contributed by atoms with E-state index in [4.69, 9.17) is 9.47 Å². The maximum atomic E-state index is 12.7. The van der Waals surface area contributed by atoms with Gasteiger partial charge >= 0.3 is 5.97 Å². The molecule has 3 aromatic rings. The number of rotatable bonds is 12. The Labute approximate surface area is 189 Å². The van der Waals surface area contributed by atoms with E-state index in [-0.39, 0.29) is 30.3 Å². The number of hydrogen-bond acceptors (Lipinski definition) is 5. The van der Waals surface area contributed by atoms with Crippen LogP contribution in [0, 0.1) is 0 Å². The fourth-order valence-corrected chi connectivity index (χ4v) is 4.57. The number of hydrogen-bond donors (Lipinski definition) is 0. The Balaban J connectivity index is 1.57.